The Kier molecular flexibility index (Phi) is 3.53. The Morgan fingerprint density at radius 1 is 1.22 bits per heavy atom. The summed E-state index contributed by atoms with van der Waals surface area (Å²) in [5.74, 6) is -0.0233. The molecular formula is C16H18N6O. The lowest BCUT2D eigenvalue weighted by Crippen LogP contribution is -2.38. The van der Waals surface area contributed by atoms with Gasteiger partial charge in [0.2, 0.25) is 0 Å². The third kappa shape index (κ3) is 2.81. The molecule has 1 N–H and O–H groups in total. The molecule has 1 aliphatic carbocycles. The molecule has 7 heteroatoms. The van der Waals surface area contributed by atoms with Crippen LogP contribution in [0.5, 0.6) is 0 Å². The predicted octanol–water partition coefficient (Wildman–Crippen LogP) is 1.84. The molecule has 0 saturated heterocycles. The van der Waals surface area contributed by atoms with Crippen LogP contribution in [0.25, 0.3) is 5.65 Å². The molecule has 7 nitrogen and oxygen atoms in total. The van der Waals surface area contributed by atoms with Crippen molar-refractivity contribution in [3.8, 4) is 0 Å². The van der Waals surface area contributed by atoms with Crippen molar-refractivity contribution < 1.29 is 4.79 Å². The van der Waals surface area contributed by atoms with Crippen LogP contribution in [-0.4, -0.2) is 36.1 Å². The first-order chi connectivity index (χ1) is 11.3. The van der Waals surface area contributed by atoms with Gasteiger partial charge in [-0.05, 0) is 37.8 Å². The summed E-state index contributed by atoms with van der Waals surface area (Å²) < 4.78 is 3.78. The molecule has 3 aromatic rings. The van der Waals surface area contributed by atoms with Crippen molar-refractivity contribution in [1.82, 2.24) is 29.5 Å². The predicted molar refractivity (Wildman–Crippen MR) is 84.0 cm³/mol. The molecule has 118 valence electrons. The molecule has 1 aliphatic rings. The molecule has 1 saturated carbocycles. The van der Waals surface area contributed by atoms with Crippen molar-refractivity contribution in [3.63, 3.8) is 0 Å². The molecule has 0 aromatic carbocycles. The number of hydrogen-bond acceptors (Lipinski definition) is 4. The molecule has 0 spiro atoms. The molecule has 0 bridgehead atoms. The van der Waals surface area contributed by atoms with E-state index < -0.39 is 0 Å². The van der Waals surface area contributed by atoms with Gasteiger partial charge in [0.15, 0.2) is 0 Å². The van der Waals surface area contributed by atoms with E-state index in [1.165, 1.54) is 0 Å². The number of carbonyl (C=O) groups is 1. The summed E-state index contributed by atoms with van der Waals surface area (Å²) in [5, 5.41) is 7.35. The van der Waals surface area contributed by atoms with Crippen LogP contribution in [0, 0.1) is 0 Å². The molecule has 23 heavy (non-hydrogen) atoms. The second-order valence-electron chi connectivity index (χ2n) is 5.96. The van der Waals surface area contributed by atoms with Crippen molar-refractivity contribution in [1.29, 1.82) is 0 Å². The minimum absolute atomic E-state index is 0.0233. The van der Waals surface area contributed by atoms with Crippen LogP contribution in [0.4, 0.5) is 0 Å². The van der Waals surface area contributed by atoms with Gasteiger partial charge in [-0.15, -0.1) is 0 Å². The molecule has 1 amide bonds. The van der Waals surface area contributed by atoms with E-state index in [0.29, 0.717) is 11.6 Å². The zero-order valence-electron chi connectivity index (χ0n) is 12.7. The van der Waals surface area contributed by atoms with Gasteiger partial charge in [0.25, 0.3) is 5.91 Å². The molecule has 3 heterocycles. The van der Waals surface area contributed by atoms with Gasteiger partial charge in [0, 0.05) is 24.6 Å². The summed E-state index contributed by atoms with van der Waals surface area (Å²) in [6, 6.07) is 4.30. The van der Waals surface area contributed by atoms with E-state index in [1.807, 2.05) is 33.6 Å². The number of imidazole rings is 1. The second kappa shape index (κ2) is 5.83. The number of hydrogen-bond donors (Lipinski definition) is 1. The fourth-order valence-electron chi connectivity index (χ4n) is 3.21. The standard InChI is InChI=1S/C16H18N6O/c23-16(12-1-6-15-18-7-8-21(15)9-12)20-13-2-4-14(5-3-13)22-11-17-10-19-22/h1,6-11,13-14H,2-5H2,(H,20,23). The first kappa shape index (κ1) is 13.9. The van der Waals surface area contributed by atoms with Crippen molar-refractivity contribution in [2.24, 2.45) is 0 Å². The highest BCUT2D eigenvalue weighted by Crippen LogP contribution is 2.27. The van der Waals surface area contributed by atoms with Gasteiger partial charge in [-0.2, -0.15) is 5.10 Å². The van der Waals surface area contributed by atoms with E-state index in [9.17, 15) is 4.79 Å². The molecule has 1 fully saturated rings. The maximum absolute atomic E-state index is 12.4. The SMILES string of the molecule is O=C(NC1CCC(n2cncn2)CC1)c1ccc2nccn2c1. The Bertz CT molecular complexity index is 801. The van der Waals surface area contributed by atoms with E-state index in [2.05, 4.69) is 20.4 Å². The van der Waals surface area contributed by atoms with Crippen LogP contribution >= 0.6 is 0 Å². The van der Waals surface area contributed by atoms with Crippen LogP contribution < -0.4 is 5.32 Å². The van der Waals surface area contributed by atoms with Crippen LogP contribution in [0.2, 0.25) is 0 Å². The van der Waals surface area contributed by atoms with Gasteiger partial charge in [-0.3, -0.25) is 4.79 Å². The maximum Gasteiger partial charge on any atom is 0.252 e. The highest BCUT2D eigenvalue weighted by atomic mass is 16.1. The molecule has 3 aromatic heterocycles. The van der Waals surface area contributed by atoms with Crippen LogP contribution in [-0.2, 0) is 0 Å². The van der Waals surface area contributed by atoms with E-state index in [1.54, 1.807) is 18.9 Å². The lowest BCUT2D eigenvalue weighted by atomic mass is 9.91. The molecular weight excluding hydrogens is 292 g/mol. The molecule has 0 radical (unpaired) electrons. The van der Waals surface area contributed by atoms with Crippen LogP contribution in [0.15, 0.2) is 43.4 Å². The largest absolute Gasteiger partial charge is 0.349 e. The van der Waals surface area contributed by atoms with Gasteiger partial charge in [0.05, 0.1) is 11.6 Å². The van der Waals surface area contributed by atoms with Crippen molar-refractivity contribution >= 4 is 11.6 Å². The van der Waals surface area contributed by atoms with E-state index in [4.69, 9.17) is 0 Å². The molecule has 0 unspecified atom stereocenters. The molecule has 0 aliphatic heterocycles. The third-order valence-electron chi connectivity index (χ3n) is 4.49. The number of carbonyl (C=O) groups excluding carboxylic acids is 1. The monoisotopic (exact) mass is 310 g/mol. The Labute approximate surface area is 133 Å². The third-order valence-corrected chi connectivity index (χ3v) is 4.49. The van der Waals surface area contributed by atoms with Crippen LogP contribution in [0.1, 0.15) is 42.1 Å². The second-order valence-corrected chi connectivity index (χ2v) is 5.96. The number of aromatic nitrogens is 5. The quantitative estimate of drug-likeness (QED) is 0.801. The highest BCUT2D eigenvalue weighted by molar-refractivity contribution is 5.94. The van der Waals surface area contributed by atoms with Crippen molar-refractivity contribution in [2.45, 2.75) is 37.8 Å². The zero-order valence-corrected chi connectivity index (χ0v) is 12.7. The average molecular weight is 310 g/mol. The number of pyridine rings is 1. The summed E-state index contributed by atoms with van der Waals surface area (Å²) in [7, 11) is 0. The highest BCUT2D eigenvalue weighted by Gasteiger charge is 2.24. The summed E-state index contributed by atoms with van der Waals surface area (Å²) in [6.07, 6.45) is 12.7. The number of rotatable bonds is 3. The van der Waals surface area contributed by atoms with Gasteiger partial charge in [-0.1, -0.05) is 0 Å². The van der Waals surface area contributed by atoms with Gasteiger partial charge in [0.1, 0.15) is 18.3 Å². The van der Waals surface area contributed by atoms with Crippen LogP contribution in [0.3, 0.4) is 0 Å². The smallest absolute Gasteiger partial charge is 0.252 e. The zero-order chi connectivity index (χ0) is 15.6. The van der Waals surface area contributed by atoms with Crippen molar-refractivity contribution in [3.05, 3.63) is 48.9 Å². The minimum atomic E-state index is -0.0233. The minimum Gasteiger partial charge on any atom is -0.349 e. The Morgan fingerprint density at radius 3 is 2.87 bits per heavy atom. The first-order valence-electron chi connectivity index (χ1n) is 7.87. The topological polar surface area (TPSA) is 77.1 Å². The lowest BCUT2D eigenvalue weighted by molar-refractivity contribution is 0.0921. The number of nitrogens with zero attached hydrogens (tertiary/aromatic N) is 5. The summed E-state index contributed by atoms with van der Waals surface area (Å²) in [6.45, 7) is 0. The van der Waals surface area contributed by atoms with E-state index in [-0.39, 0.29) is 11.9 Å². The fourth-order valence-corrected chi connectivity index (χ4v) is 3.21. The Balaban J connectivity index is 1.37. The summed E-state index contributed by atoms with van der Waals surface area (Å²) in [4.78, 5) is 20.6. The summed E-state index contributed by atoms with van der Waals surface area (Å²) >= 11 is 0. The van der Waals surface area contributed by atoms with E-state index in [0.717, 1.165) is 31.3 Å². The number of fused-ring (bicyclic) bond motifs is 1. The van der Waals surface area contributed by atoms with Crippen molar-refractivity contribution in [2.75, 3.05) is 0 Å². The molecule has 4 rings (SSSR count). The normalized spacial score (nSPS) is 21.4. The average Bonchev–Trinajstić information content (AvgIpc) is 3.26. The van der Waals surface area contributed by atoms with Gasteiger partial charge >= 0.3 is 0 Å². The lowest BCUT2D eigenvalue weighted by Gasteiger charge is -2.29. The first-order valence-corrected chi connectivity index (χ1v) is 7.87. The van der Waals surface area contributed by atoms with E-state index >= 15 is 0 Å². The Morgan fingerprint density at radius 2 is 2.09 bits per heavy atom. The van der Waals surface area contributed by atoms with Gasteiger partial charge in [-0.25, -0.2) is 14.6 Å². The number of amides is 1. The molecule has 0 atom stereocenters. The fraction of sp³-hybridized carbons (Fsp3) is 0.375. The Hall–Kier alpha value is -2.70. The van der Waals surface area contributed by atoms with Gasteiger partial charge < -0.3 is 9.72 Å². The summed E-state index contributed by atoms with van der Waals surface area (Å²) in [5.41, 5.74) is 1.50. The maximum atomic E-state index is 12.4. The number of nitrogens with one attached hydrogen (secondary N) is 1.